The fourth-order valence-electron chi connectivity index (χ4n) is 4.60. The monoisotopic (exact) mass is 402 g/mol. The third kappa shape index (κ3) is 5.01. The molecule has 1 spiro atoms. The Morgan fingerprint density at radius 1 is 1.14 bits per heavy atom. The van der Waals surface area contributed by atoms with Gasteiger partial charge in [-0.15, -0.1) is 6.58 Å². The average molecular weight is 403 g/mol. The minimum atomic E-state index is -0.498. The topological polar surface area (TPSA) is 54.0 Å². The van der Waals surface area contributed by atoms with Gasteiger partial charge in [0.1, 0.15) is 5.75 Å². The number of ether oxygens (including phenoxy) is 4. The van der Waals surface area contributed by atoms with Crippen LogP contribution in [-0.4, -0.2) is 38.7 Å². The van der Waals surface area contributed by atoms with E-state index in [2.05, 4.69) is 6.58 Å². The number of carbonyl (C=O) groups excluding carboxylic acids is 1. The SMILES string of the molecule is C=CC1(C(Cc2ccc(OC)cc2)C(=O)OCC)CCC2(CC1)OCCCCO2. The normalized spacial score (nSPS) is 21.7. The van der Waals surface area contributed by atoms with Gasteiger partial charge in [0.2, 0.25) is 0 Å². The lowest BCUT2D eigenvalue weighted by atomic mass is 9.63. The molecule has 1 aliphatic heterocycles. The van der Waals surface area contributed by atoms with Crippen LogP contribution in [0.25, 0.3) is 0 Å². The van der Waals surface area contributed by atoms with Crippen molar-refractivity contribution in [3.63, 3.8) is 0 Å². The van der Waals surface area contributed by atoms with E-state index in [0.717, 1.165) is 63.1 Å². The fourth-order valence-corrected chi connectivity index (χ4v) is 4.60. The smallest absolute Gasteiger partial charge is 0.310 e. The summed E-state index contributed by atoms with van der Waals surface area (Å²) >= 11 is 0. The summed E-state index contributed by atoms with van der Waals surface area (Å²) < 4.78 is 23.0. The van der Waals surface area contributed by atoms with Gasteiger partial charge in [-0.25, -0.2) is 0 Å². The quantitative estimate of drug-likeness (QED) is 0.489. The summed E-state index contributed by atoms with van der Waals surface area (Å²) in [6.07, 6.45) is 7.82. The third-order valence-corrected chi connectivity index (χ3v) is 6.48. The average Bonchev–Trinajstić information content (AvgIpc) is 2.99. The van der Waals surface area contributed by atoms with E-state index in [1.807, 2.05) is 37.3 Å². The zero-order valence-corrected chi connectivity index (χ0v) is 17.8. The van der Waals surface area contributed by atoms with Gasteiger partial charge >= 0.3 is 5.97 Å². The molecule has 0 bridgehead atoms. The Balaban J connectivity index is 1.80. The molecule has 2 fully saturated rings. The molecule has 0 N–H and O–H groups in total. The molecule has 160 valence electrons. The summed E-state index contributed by atoms with van der Waals surface area (Å²) in [5.41, 5.74) is 0.767. The van der Waals surface area contributed by atoms with Gasteiger partial charge in [-0.2, -0.15) is 0 Å². The number of benzene rings is 1. The summed E-state index contributed by atoms with van der Waals surface area (Å²) in [4.78, 5) is 13.0. The second kappa shape index (κ2) is 9.77. The van der Waals surface area contributed by atoms with E-state index < -0.39 is 5.79 Å². The molecule has 0 aromatic heterocycles. The van der Waals surface area contributed by atoms with E-state index in [-0.39, 0.29) is 17.3 Å². The van der Waals surface area contributed by atoms with Crippen molar-refractivity contribution in [3.05, 3.63) is 42.5 Å². The van der Waals surface area contributed by atoms with E-state index in [1.54, 1.807) is 7.11 Å². The molecule has 29 heavy (non-hydrogen) atoms. The first kappa shape index (κ1) is 21.8. The van der Waals surface area contributed by atoms with Crippen LogP contribution in [0.5, 0.6) is 5.75 Å². The van der Waals surface area contributed by atoms with Gasteiger partial charge in [0.05, 0.1) is 32.8 Å². The van der Waals surface area contributed by atoms with Gasteiger partial charge in [-0.3, -0.25) is 4.79 Å². The minimum Gasteiger partial charge on any atom is -0.497 e. The van der Waals surface area contributed by atoms with Crippen molar-refractivity contribution in [1.82, 2.24) is 0 Å². The molecular weight excluding hydrogens is 368 g/mol. The lowest BCUT2D eigenvalue weighted by molar-refractivity contribution is -0.251. The fraction of sp³-hybridized carbons (Fsp3) is 0.625. The molecule has 1 saturated carbocycles. The molecule has 2 aliphatic rings. The van der Waals surface area contributed by atoms with Crippen molar-refractivity contribution in [2.75, 3.05) is 26.9 Å². The number of methoxy groups -OCH3 is 1. The molecular formula is C24H34O5. The lowest BCUT2D eigenvalue weighted by Crippen LogP contribution is -2.47. The molecule has 1 aromatic rings. The first-order valence-electron chi connectivity index (χ1n) is 10.8. The zero-order chi connectivity index (χ0) is 20.7. The zero-order valence-electron chi connectivity index (χ0n) is 17.8. The Labute approximate surface area is 174 Å². The molecule has 0 radical (unpaired) electrons. The van der Waals surface area contributed by atoms with E-state index in [1.165, 1.54) is 0 Å². The number of hydrogen-bond acceptors (Lipinski definition) is 5. The van der Waals surface area contributed by atoms with Gasteiger partial charge in [0.15, 0.2) is 5.79 Å². The predicted molar refractivity (Wildman–Crippen MR) is 112 cm³/mol. The summed E-state index contributed by atoms with van der Waals surface area (Å²) in [7, 11) is 1.65. The third-order valence-electron chi connectivity index (χ3n) is 6.48. The molecule has 0 amide bonds. The molecule has 1 heterocycles. The van der Waals surface area contributed by atoms with Crippen LogP contribution < -0.4 is 4.74 Å². The summed E-state index contributed by atoms with van der Waals surface area (Å²) in [6, 6.07) is 7.90. The van der Waals surface area contributed by atoms with Gasteiger partial charge in [-0.1, -0.05) is 18.2 Å². The lowest BCUT2D eigenvalue weighted by Gasteiger charge is -2.47. The van der Waals surface area contributed by atoms with E-state index in [0.29, 0.717) is 13.0 Å². The number of hydrogen-bond donors (Lipinski definition) is 0. The Kier molecular flexibility index (Phi) is 7.36. The maximum atomic E-state index is 13.0. The van der Waals surface area contributed by atoms with Crippen LogP contribution in [0.3, 0.4) is 0 Å². The Morgan fingerprint density at radius 2 is 1.76 bits per heavy atom. The number of rotatable bonds is 7. The summed E-state index contributed by atoms with van der Waals surface area (Å²) in [5.74, 6) is -0.122. The molecule has 5 heteroatoms. The Hall–Kier alpha value is -1.85. The van der Waals surface area contributed by atoms with Crippen molar-refractivity contribution < 1.29 is 23.7 Å². The number of carbonyl (C=O) groups is 1. The molecule has 1 atom stereocenters. The van der Waals surface area contributed by atoms with Crippen molar-refractivity contribution in [2.24, 2.45) is 11.3 Å². The summed E-state index contributed by atoms with van der Waals surface area (Å²) in [5, 5.41) is 0. The maximum absolute atomic E-state index is 13.0. The highest BCUT2D eigenvalue weighted by atomic mass is 16.7. The maximum Gasteiger partial charge on any atom is 0.310 e. The van der Waals surface area contributed by atoms with Crippen LogP contribution in [0.2, 0.25) is 0 Å². The van der Waals surface area contributed by atoms with Crippen LogP contribution in [0.1, 0.15) is 51.0 Å². The Bertz CT molecular complexity index is 663. The van der Waals surface area contributed by atoms with Crippen molar-refractivity contribution >= 4 is 5.97 Å². The first-order chi connectivity index (χ1) is 14.1. The predicted octanol–water partition coefficient (Wildman–Crippen LogP) is 4.69. The molecule has 1 aliphatic carbocycles. The molecule has 1 unspecified atom stereocenters. The molecule has 1 aromatic carbocycles. The number of esters is 1. The van der Waals surface area contributed by atoms with Gasteiger partial charge in [0, 0.05) is 18.3 Å². The van der Waals surface area contributed by atoms with Crippen molar-refractivity contribution in [3.8, 4) is 5.75 Å². The second-order valence-electron chi connectivity index (χ2n) is 8.11. The molecule has 1 saturated heterocycles. The minimum absolute atomic E-state index is 0.151. The van der Waals surface area contributed by atoms with Crippen LogP contribution in [0, 0.1) is 11.3 Å². The van der Waals surface area contributed by atoms with Gasteiger partial charge in [-0.05, 0) is 56.7 Å². The van der Waals surface area contributed by atoms with Crippen LogP contribution in [0.15, 0.2) is 36.9 Å². The van der Waals surface area contributed by atoms with E-state index >= 15 is 0 Å². The summed E-state index contributed by atoms with van der Waals surface area (Å²) in [6.45, 7) is 7.85. The molecule has 5 nitrogen and oxygen atoms in total. The van der Waals surface area contributed by atoms with Crippen molar-refractivity contribution in [1.29, 1.82) is 0 Å². The van der Waals surface area contributed by atoms with Crippen LogP contribution in [-0.2, 0) is 25.4 Å². The van der Waals surface area contributed by atoms with E-state index in [4.69, 9.17) is 18.9 Å². The Morgan fingerprint density at radius 3 is 2.28 bits per heavy atom. The van der Waals surface area contributed by atoms with Crippen LogP contribution in [0.4, 0.5) is 0 Å². The standard InChI is InChI=1S/C24H34O5/c1-4-23(12-14-24(15-13-23)28-16-6-7-17-29-24)21(22(25)27-5-2)18-19-8-10-20(26-3)11-9-19/h4,8-11,21H,1,5-7,12-18H2,2-3H3. The van der Waals surface area contributed by atoms with Crippen molar-refractivity contribution in [2.45, 2.75) is 57.7 Å². The highest BCUT2D eigenvalue weighted by molar-refractivity contribution is 5.74. The highest BCUT2D eigenvalue weighted by Gasteiger charge is 2.49. The van der Waals surface area contributed by atoms with Crippen LogP contribution >= 0.6 is 0 Å². The first-order valence-corrected chi connectivity index (χ1v) is 10.8. The van der Waals surface area contributed by atoms with Gasteiger partial charge < -0.3 is 18.9 Å². The van der Waals surface area contributed by atoms with Gasteiger partial charge in [0.25, 0.3) is 0 Å². The molecule has 3 rings (SSSR count). The second-order valence-corrected chi connectivity index (χ2v) is 8.11. The highest BCUT2D eigenvalue weighted by Crippen LogP contribution is 2.50. The van der Waals surface area contributed by atoms with E-state index in [9.17, 15) is 4.79 Å². The largest absolute Gasteiger partial charge is 0.497 e. The number of allylic oxidation sites excluding steroid dienone is 1.